The lowest BCUT2D eigenvalue weighted by molar-refractivity contribution is -0.125. The van der Waals surface area contributed by atoms with Crippen LogP contribution in [0.3, 0.4) is 0 Å². The number of pyridine rings is 2. The van der Waals surface area contributed by atoms with Crippen molar-refractivity contribution in [2.45, 2.75) is 62.7 Å². The molecule has 52 heavy (non-hydrogen) atoms. The fraction of sp³-hybridized carbons (Fsp3) is 0.400. The van der Waals surface area contributed by atoms with E-state index < -0.39 is 0 Å². The summed E-state index contributed by atoms with van der Waals surface area (Å²) >= 11 is 14.3. The van der Waals surface area contributed by atoms with Gasteiger partial charge in [-0.1, -0.05) is 71.7 Å². The molecule has 2 aromatic carbocycles. The van der Waals surface area contributed by atoms with Crippen LogP contribution in [0.2, 0.25) is 10.0 Å². The van der Waals surface area contributed by atoms with E-state index in [1.165, 1.54) is 0 Å². The third-order valence-corrected chi connectivity index (χ3v) is 12.2. The smallest absolute Gasteiger partial charge is 0.223 e. The molecule has 2 amide bonds. The summed E-state index contributed by atoms with van der Waals surface area (Å²) in [4.78, 5) is 33.9. The minimum atomic E-state index is -0.145. The van der Waals surface area contributed by atoms with E-state index in [0.29, 0.717) is 59.4 Å². The molecule has 2 saturated carbocycles. The molecular weight excluding hydrogens is 699 g/mol. The number of methoxy groups -OCH3 is 2. The summed E-state index contributed by atoms with van der Waals surface area (Å²) in [5.74, 6) is 1.70. The Labute approximate surface area is 313 Å². The van der Waals surface area contributed by atoms with Crippen molar-refractivity contribution in [2.24, 2.45) is 11.8 Å². The maximum absolute atomic E-state index is 12.1. The first-order chi connectivity index (χ1) is 25.2. The zero-order valence-electron chi connectivity index (χ0n) is 29.3. The van der Waals surface area contributed by atoms with Crippen molar-refractivity contribution in [3.8, 4) is 45.4 Å². The first kappa shape index (κ1) is 34.8. The molecule has 4 aliphatic rings. The standard InChI is InChI=1S/C40H42Cl2N6O4/c1-51-37-25(19-43-21-39-15-13-23(17-39)35(49)47-39)9-11-31(45-37)29-7-3-5-27(33(29)41)28-6-4-8-30(34(28)42)32-12-10-26(38(46-32)52-2)20-44-22-40-16-14-24(18-40)36(50)48-40/h3-12,23-24,43-44H,13-22H2,1-2H3,(H,47,49)(H,48,50)/t23-,24-,39+,40+/m1/s1. The van der Waals surface area contributed by atoms with Crippen molar-refractivity contribution in [3.63, 3.8) is 0 Å². The lowest BCUT2D eigenvalue weighted by atomic mass is 9.98. The number of ether oxygens (including phenoxy) is 2. The van der Waals surface area contributed by atoms with E-state index in [1.54, 1.807) is 14.2 Å². The number of hydrogen-bond acceptors (Lipinski definition) is 8. The minimum Gasteiger partial charge on any atom is -0.481 e. The summed E-state index contributed by atoms with van der Waals surface area (Å²) in [6.07, 6.45) is 5.73. The maximum atomic E-state index is 12.1. The number of nitrogens with one attached hydrogen (secondary N) is 4. The van der Waals surface area contributed by atoms with Gasteiger partial charge in [0.25, 0.3) is 0 Å². The Morgan fingerprint density at radius 1 is 0.673 bits per heavy atom. The number of hydrogen-bond donors (Lipinski definition) is 4. The molecule has 4 aromatic rings. The predicted molar refractivity (Wildman–Crippen MR) is 201 cm³/mol. The zero-order chi connectivity index (χ0) is 36.0. The summed E-state index contributed by atoms with van der Waals surface area (Å²) < 4.78 is 11.4. The second-order valence-electron chi connectivity index (χ2n) is 14.7. The summed E-state index contributed by atoms with van der Waals surface area (Å²) in [6.45, 7) is 2.54. The van der Waals surface area contributed by atoms with Gasteiger partial charge in [0.2, 0.25) is 23.6 Å². The second kappa shape index (κ2) is 14.0. The highest BCUT2D eigenvalue weighted by Gasteiger charge is 2.50. The van der Waals surface area contributed by atoms with Crippen molar-refractivity contribution >= 4 is 35.0 Å². The number of carbonyl (C=O) groups is 2. The molecule has 2 aliphatic heterocycles. The van der Waals surface area contributed by atoms with Crippen molar-refractivity contribution < 1.29 is 19.1 Å². The molecule has 0 unspecified atom stereocenters. The topological polar surface area (TPSA) is 126 Å². The lowest BCUT2D eigenvalue weighted by Crippen LogP contribution is -2.50. The SMILES string of the molecule is COc1nc(-c2cccc(-c3cccc(-c4ccc(CNC[C@]56CC[C@H](C5)C(=O)N6)c(OC)n4)c3Cl)c2Cl)ccc1CNC[C@]12CC[C@H](C1)C(=O)N2. The molecule has 2 saturated heterocycles. The fourth-order valence-electron chi connectivity index (χ4n) is 8.67. The minimum absolute atomic E-state index is 0.145. The van der Waals surface area contributed by atoms with Gasteiger partial charge >= 0.3 is 0 Å². The number of rotatable bonds is 13. The van der Waals surface area contributed by atoms with Crippen LogP contribution in [-0.4, -0.2) is 60.2 Å². The molecule has 4 atom stereocenters. The third-order valence-electron chi connectivity index (χ3n) is 11.4. The number of benzene rings is 2. The van der Waals surface area contributed by atoms with Gasteiger partial charge in [-0.25, -0.2) is 9.97 Å². The van der Waals surface area contributed by atoms with Crippen molar-refractivity contribution in [1.29, 1.82) is 0 Å². The van der Waals surface area contributed by atoms with E-state index >= 15 is 0 Å². The van der Waals surface area contributed by atoms with Gasteiger partial charge in [-0.15, -0.1) is 0 Å². The molecule has 2 aromatic heterocycles. The van der Waals surface area contributed by atoms with Gasteiger partial charge in [0.15, 0.2) is 0 Å². The average Bonchev–Trinajstić information content (AvgIpc) is 3.92. The first-order valence-corrected chi connectivity index (χ1v) is 18.7. The quantitative estimate of drug-likeness (QED) is 0.126. The molecule has 0 radical (unpaired) electrons. The monoisotopic (exact) mass is 740 g/mol. The van der Waals surface area contributed by atoms with Crippen LogP contribution in [0.15, 0.2) is 60.7 Å². The molecule has 4 bridgehead atoms. The van der Waals surface area contributed by atoms with E-state index in [9.17, 15) is 9.59 Å². The highest BCUT2D eigenvalue weighted by Crippen LogP contribution is 2.44. The molecule has 270 valence electrons. The van der Waals surface area contributed by atoms with Crippen molar-refractivity contribution in [1.82, 2.24) is 31.2 Å². The van der Waals surface area contributed by atoms with Crippen LogP contribution in [0.1, 0.15) is 49.7 Å². The van der Waals surface area contributed by atoms with Gasteiger partial charge < -0.3 is 30.7 Å². The Bertz CT molecular complexity index is 1920. The van der Waals surface area contributed by atoms with Gasteiger partial charge in [-0.05, 0) is 50.7 Å². The number of aromatic nitrogens is 2. The molecule has 4 fully saturated rings. The molecule has 12 heteroatoms. The number of fused-ring (bicyclic) bond motifs is 4. The molecular formula is C40H42Cl2N6O4. The van der Waals surface area contributed by atoms with Crippen molar-refractivity contribution in [3.05, 3.63) is 81.8 Å². The van der Waals surface area contributed by atoms with Crippen LogP contribution in [-0.2, 0) is 22.7 Å². The Hall–Kier alpha value is -4.22. The number of nitrogens with zero attached hydrogens (tertiary/aromatic N) is 2. The fourth-order valence-corrected chi connectivity index (χ4v) is 9.32. The Morgan fingerprint density at radius 3 is 1.46 bits per heavy atom. The van der Waals surface area contributed by atoms with Crippen LogP contribution in [0.4, 0.5) is 0 Å². The van der Waals surface area contributed by atoms with E-state index in [0.717, 1.165) is 71.9 Å². The zero-order valence-corrected chi connectivity index (χ0v) is 30.8. The van der Waals surface area contributed by atoms with E-state index in [4.69, 9.17) is 42.6 Å². The van der Waals surface area contributed by atoms with Gasteiger partial charge in [-0.2, -0.15) is 0 Å². The van der Waals surface area contributed by atoms with Crippen LogP contribution in [0, 0.1) is 11.8 Å². The lowest BCUT2D eigenvalue weighted by Gasteiger charge is -2.28. The molecule has 4 N–H and O–H groups in total. The molecule has 8 rings (SSSR count). The normalized spacial score (nSPS) is 24.3. The average molecular weight is 742 g/mol. The van der Waals surface area contributed by atoms with Crippen LogP contribution in [0.25, 0.3) is 33.6 Å². The van der Waals surface area contributed by atoms with Crippen LogP contribution >= 0.6 is 23.2 Å². The van der Waals surface area contributed by atoms with Gasteiger partial charge in [0.1, 0.15) is 0 Å². The Balaban J connectivity index is 0.989. The highest BCUT2D eigenvalue weighted by atomic mass is 35.5. The van der Waals surface area contributed by atoms with Crippen molar-refractivity contribution in [2.75, 3.05) is 27.3 Å². The number of halogens is 2. The van der Waals surface area contributed by atoms with Crippen LogP contribution < -0.4 is 30.7 Å². The van der Waals surface area contributed by atoms with E-state index in [2.05, 4.69) is 21.3 Å². The molecule has 2 aliphatic carbocycles. The van der Waals surface area contributed by atoms with E-state index in [1.807, 2.05) is 60.7 Å². The largest absolute Gasteiger partial charge is 0.481 e. The molecule has 0 spiro atoms. The predicted octanol–water partition coefficient (Wildman–Crippen LogP) is 6.32. The maximum Gasteiger partial charge on any atom is 0.223 e. The molecule has 10 nitrogen and oxygen atoms in total. The number of piperidine rings is 2. The number of amides is 2. The van der Waals surface area contributed by atoms with Gasteiger partial charge in [0, 0.05) is 71.4 Å². The van der Waals surface area contributed by atoms with Gasteiger partial charge in [0.05, 0.1) is 46.7 Å². The number of carbonyl (C=O) groups excluding carboxylic acids is 2. The Kier molecular flexibility index (Phi) is 9.36. The van der Waals surface area contributed by atoms with Crippen LogP contribution in [0.5, 0.6) is 11.8 Å². The van der Waals surface area contributed by atoms with Gasteiger partial charge in [-0.3, -0.25) is 9.59 Å². The van der Waals surface area contributed by atoms with E-state index in [-0.39, 0.29) is 34.7 Å². The molecule has 4 heterocycles. The summed E-state index contributed by atoms with van der Waals surface area (Å²) in [7, 11) is 3.23. The first-order valence-electron chi connectivity index (χ1n) is 17.9. The summed E-state index contributed by atoms with van der Waals surface area (Å²) in [5, 5.41) is 14.4. The Morgan fingerprint density at radius 2 is 1.10 bits per heavy atom. The highest BCUT2D eigenvalue weighted by molar-refractivity contribution is 6.39. The third kappa shape index (κ3) is 6.40. The second-order valence-corrected chi connectivity index (χ2v) is 15.4. The summed E-state index contributed by atoms with van der Waals surface area (Å²) in [5.41, 5.74) is 5.95. The summed E-state index contributed by atoms with van der Waals surface area (Å²) in [6, 6.07) is 19.6.